The molecule has 0 spiro atoms. The highest BCUT2D eigenvalue weighted by molar-refractivity contribution is 5.93. The number of aryl methyl sites for hydroxylation is 1. The van der Waals surface area contributed by atoms with Crippen LogP contribution < -0.4 is 4.90 Å². The number of esters is 1. The Balaban J connectivity index is 1.67. The largest absolute Gasteiger partial charge is 0.469 e. The molecule has 0 amide bonds. The molecule has 7 nitrogen and oxygen atoms in total. The van der Waals surface area contributed by atoms with Gasteiger partial charge in [-0.25, -0.2) is 0 Å². The summed E-state index contributed by atoms with van der Waals surface area (Å²) in [5.74, 6) is 1.67. The molecular weight excluding hydrogens is 354 g/mol. The van der Waals surface area contributed by atoms with E-state index in [2.05, 4.69) is 39.1 Å². The first-order valence-corrected chi connectivity index (χ1v) is 9.58. The first-order chi connectivity index (χ1) is 13.5. The molecule has 3 aromatic rings. The van der Waals surface area contributed by atoms with Crippen molar-refractivity contribution in [1.29, 1.82) is 0 Å². The highest BCUT2D eigenvalue weighted by Crippen LogP contribution is 2.31. The summed E-state index contributed by atoms with van der Waals surface area (Å²) in [6.07, 6.45) is 0.757. The molecule has 1 aliphatic rings. The quantitative estimate of drug-likeness (QED) is 0.652. The van der Waals surface area contributed by atoms with Crippen LogP contribution in [-0.4, -0.2) is 45.9 Å². The van der Waals surface area contributed by atoms with Gasteiger partial charge >= 0.3 is 5.97 Å². The van der Waals surface area contributed by atoms with Gasteiger partial charge in [-0.05, 0) is 31.4 Å². The van der Waals surface area contributed by atoms with Crippen molar-refractivity contribution in [2.75, 3.05) is 25.1 Å². The number of hydrogen-bond donors (Lipinski definition) is 0. The van der Waals surface area contributed by atoms with Crippen molar-refractivity contribution in [3.05, 3.63) is 36.0 Å². The maximum absolute atomic E-state index is 12.0. The standard InChI is InChI=1S/C21H25N5O2/c1-13-12-26(10-9-15(13)20(27)28-4)21-24-23-19(25(21)3)17-11-14(2)22-18-8-6-5-7-16(17)18/h5-8,11,13,15H,9-10,12H2,1-4H3/t13-,15+/m0/s1. The Labute approximate surface area is 164 Å². The summed E-state index contributed by atoms with van der Waals surface area (Å²) < 4.78 is 6.98. The first-order valence-electron chi connectivity index (χ1n) is 9.58. The van der Waals surface area contributed by atoms with Crippen molar-refractivity contribution in [2.45, 2.75) is 20.3 Å². The summed E-state index contributed by atoms with van der Waals surface area (Å²) >= 11 is 0. The Hall–Kier alpha value is -2.96. The molecule has 1 saturated heterocycles. The van der Waals surface area contributed by atoms with Gasteiger partial charge in [-0.3, -0.25) is 14.3 Å². The zero-order valence-electron chi connectivity index (χ0n) is 16.7. The minimum Gasteiger partial charge on any atom is -0.469 e. The van der Waals surface area contributed by atoms with Crippen LogP contribution in [0, 0.1) is 18.8 Å². The average molecular weight is 379 g/mol. The molecule has 1 fully saturated rings. The second kappa shape index (κ2) is 7.22. The normalized spacial score (nSPS) is 19.8. The SMILES string of the molecule is COC(=O)[C@@H]1CCN(c2nnc(-c3cc(C)nc4ccccc34)n2C)C[C@@H]1C. The number of ether oxygens (including phenoxy) is 1. The van der Waals surface area contributed by atoms with Crippen molar-refractivity contribution >= 4 is 22.8 Å². The highest BCUT2D eigenvalue weighted by atomic mass is 16.5. The number of hydrogen-bond acceptors (Lipinski definition) is 6. The molecule has 1 aliphatic heterocycles. The van der Waals surface area contributed by atoms with Crippen LogP contribution in [0.25, 0.3) is 22.3 Å². The van der Waals surface area contributed by atoms with Crippen LogP contribution >= 0.6 is 0 Å². The summed E-state index contributed by atoms with van der Waals surface area (Å²) in [5.41, 5.74) is 2.93. The fourth-order valence-corrected chi connectivity index (χ4v) is 4.15. The number of carbonyl (C=O) groups is 1. The third kappa shape index (κ3) is 3.10. The third-order valence-electron chi connectivity index (χ3n) is 5.63. The maximum Gasteiger partial charge on any atom is 0.309 e. The Morgan fingerprint density at radius 3 is 2.79 bits per heavy atom. The minimum absolute atomic E-state index is 0.0549. The van der Waals surface area contributed by atoms with Crippen molar-refractivity contribution < 1.29 is 9.53 Å². The molecule has 0 unspecified atom stereocenters. The van der Waals surface area contributed by atoms with Gasteiger partial charge in [-0.1, -0.05) is 25.1 Å². The summed E-state index contributed by atoms with van der Waals surface area (Å²) in [4.78, 5) is 18.8. The van der Waals surface area contributed by atoms with Crippen molar-refractivity contribution in [2.24, 2.45) is 18.9 Å². The molecular formula is C21H25N5O2. The van der Waals surface area contributed by atoms with E-state index >= 15 is 0 Å². The second-order valence-corrected chi connectivity index (χ2v) is 7.55. The van der Waals surface area contributed by atoms with Gasteiger partial charge < -0.3 is 9.64 Å². The van der Waals surface area contributed by atoms with Crippen LogP contribution in [0.4, 0.5) is 5.95 Å². The van der Waals surface area contributed by atoms with Gasteiger partial charge in [-0.2, -0.15) is 0 Å². The van der Waals surface area contributed by atoms with E-state index in [1.54, 1.807) is 0 Å². The molecule has 0 saturated carbocycles. The molecule has 0 aliphatic carbocycles. The van der Waals surface area contributed by atoms with Crippen LogP contribution in [0.15, 0.2) is 30.3 Å². The molecule has 146 valence electrons. The lowest BCUT2D eigenvalue weighted by atomic mass is 9.87. The Morgan fingerprint density at radius 1 is 1.25 bits per heavy atom. The van der Waals surface area contributed by atoms with Crippen LogP contribution in [0.3, 0.4) is 0 Å². The van der Waals surface area contributed by atoms with Gasteiger partial charge in [-0.15, -0.1) is 10.2 Å². The first kappa shape index (κ1) is 18.4. The molecule has 2 aromatic heterocycles. The summed E-state index contributed by atoms with van der Waals surface area (Å²) in [5, 5.41) is 10.0. The lowest BCUT2D eigenvalue weighted by Gasteiger charge is -2.35. The topological polar surface area (TPSA) is 73.1 Å². The fraction of sp³-hybridized carbons (Fsp3) is 0.429. The van der Waals surface area contributed by atoms with Gasteiger partial charge in [0, 0.05) is 36.8 Å². The van der Waals surface area contributed by atoms with E-state index < -0.39 is 0 Å². The van der Waals surface area contributed by atoms with Gasteiger partial charge in [0.25, 0.3) is 0 Å². The van der Waals surface area contributed by atoms with Gasteiger partial charge in [0.2, 0.25) is 5.95 Å². The Bertz CT molecular complexity index is 1030. The third-order valence-corrected chi connectivity index (χ3v) is 5.63. The number of pyridine rings is 1. The number of anilines is 1. The number of methoxy groups -OCH3 is 1. The lowest BCUT2D eigenvalue weighted by Crippen LogP contribution is -2.43. The van der Waals surface area contributed by atoms with E-state index in [4.69, 9.17) is 4.74 Å². The van der Waals surface area contributed by atoms with Gasteiger partial charge in [0.1, 0.15) is 0 Å². The number of nitrogens with zero attached hydrogens (tertiary/aromatic N) is 5. The second-order valence-electron chi connectivity index (χ2n) is 7.55. The Morgan fingerprint density at radius 2 is 2.04 bits per heavy atom. The van der Waals surface area contributed by atoms with E-state index in [1.807, 2.05) is 36.7 Å². The van der Waals surface area contributed by atoms with Crippen LogP contribution in [-0.2, 0) is 16.6 Å². The van der Waals surface area contributed by atoms with Crippen LogP contribution in [0.1, 0.15) is 19.0 Å². The number of carbonyl (C=O) groups excluding carboxylic acids is 1. The fourth-order valence-electron chi connectivity index (χ4n) is 4.15. The molecule has 1 aromatic carbocycles. The van der Waals surface area contributed by atoms with E-state index in [9.17, 15) is 4.79 Å². The lowest BCUT2D eigenvalue weighted by molar-refractivity contribution is -0.147. The molecule has 3 heterocycles. The summed E-state index contributed by atoms with van der Waals surface area (Å²) in [6.45, 7) is 5.59. The van der Waals surface area contributed by atoms with Crippen molar-refractivity contribution in [1.82, 2.24) is 19.7 Å². The predicted octanol–water partition coefficient (Wildman–Crippen LogP) is 2.97. The number of piperidine rings is 1. The highest BCUT2D eigenvalue weighted by Gasteiger charge is 2.33. The molecule has 7 heteroatoms. The number of aromatic nitrogens is 4. The number of fused-ring (bicyclic) bond motifs is 1. The summed E-state index contributed by atoms with van der Waals surface area (Å²) in [6, 6.07) is 10.1. The molecule has 28 heavy (non-hydrogen) atoms. The minimum atomic E-state index is -0.121. The monoisotopic (exact) mass is 379 g/mol. The van der Waals surface area contributed by atoms with Crippen LogP contribution in [0.2, 0.25) is 0 Å². The van der Waals surface area contributed by atoms with Crippen LogP contribution in [0.5, 0.6) is 0 Å². The van der Waals surface area contributed by atoms with Crippen molar-refractivity contribution in [3.8, 4) is 11.4 Å². The number of benzene rings is 1. The zero-order chi connectivity index (χ0) is 19.8. The molecule has 0 radical (unpaired) electrons. The van der Waals surface area contributed by atoms with Crippen molar-refractivity contribution in [3.63, 3.8) is 0 Å². The summed E-state index contributed by atoms with van der Waals surface area (Å²) in [7, 11) is 3.45. The van der Waals surface area contributed by atoms with Gasteiger partial charge in [0.15, 0.2) is 5.82 Å². The maximum atomic E-state index is 12.0. The number of para-hydroxylation sites is 1. The zero-order valence-corrected chi connectivity index (χ0v) is 16.7. The average Bonchev–Trinajstić information content (AvgIpc) is 3.07. The molecule has 2 atom stereocenters. The molecule has 0 bridgehead atoms. The smallest absolute Gasteiger partial charge is 0.309 e. The molecule has 4 rings (SSSR count). The predicted molar refractivity (Wildman–Crippen MR) is 108 cm³/mol. The Kier molecular flexibility index (Phi) is 4.75. The van der Waals surface area contributed by atoms with E-state index in [0.29, 0.717) is 0 Å². The van der Waals surface area contributed by atoms with E-state index in [0.717, 1.165) is 53.4 Å². The van der Waals surface area contributed by atoms with Gasteiger partial charge in [0.05, 0.1) is 18.5 Å². The molecule has 0 N–H and O–H groups in total. The van der Waals surface area contributed by atoms with E-state index in [-0.39, 0.29) is 17.8 Å². The number of rotatable bonds is 3. The van der Waals surface area contributed by atoms with E-state index in [1.165, 1.54) is 7.11 Å².